The van der Waals surface area contributed by atoms with Crippen molar-refractivity contribution >= 4 is 29.2 Å². The van der Waals surface area contributed by atoms with Gasteiger partial charge < -0.3 is 14.8 Å². The number of aryl methyl sites for hydroxylation is 1. The second kappa shape index (κ2) is 6.93. The van der Waals surface area contributed by atoms with E-state index in [-0.39, 0.29) is 29.0 Å². The van der Waals surface area contributed by atoms with Gasteiger partial charge in [-0.1, -0.05) is 11.6 Å². The first-order valence-electron chi connectivity index (χ1n) is 8.87. The first kappa shape index (κ1) is 19.5. The van der Waals surface area contributed by atoms with Crippen molar-refractivity contribution in [1.82, 2.24) is 15.3 Å². The van der Waals surface area contributed by atoms with E-state index in [1.54, 1.807) is 14.0 Å². The van der Waals surface area contributed by atoms with Crippen LogP contribution in [0.25, 0.3) is 0 Å². The van der Waals surface area contributed by atoms with Gasteiger partial charge >= 0.3 is 12.0 Å². The molecule has 3 fully saturated rings. The molecule has 2 aromatic rings. The van der Waals surface area contributed by atoms with E-state index in [9.17, 15) is 14.0 Å². The predicted octanol–water partition coefficient (Wildman–Crippen LogP) is 3.59. The summed E-state index contributed by atoms with van der Waals surface area (Å²) in [6, 6.07) is 1.82. The van der Waals surface area contributed by atoms with E-state index in [1.807, 2.05) is 0 Å². The molecule has 0 saturated heterocycles. The fraction of sp³-hybridized carbons (Fsp3) is 0.368. The number of hydrogen-bond donors (Lipinski definition) is 2. The molecule has 2 N–H and O–H groups in total. The van der Waals surface area contributed by atoms with E-state index in [4.69, 9.17) is 21.1 Å². The molecule has 1 aromatic heterocycles. The molecular formula is C19H18ClFN4O4. The Labute approximate surface area is 170 Å². The number of nitrogens with one attached hydrogen (secondary N) is 2. The summed E-state index contributed by atoms with van der Waals surface area (Å²) >= 11 is 5.71. The third-order valence-corrected chi connectivity index (χ3v) is 5.60. The van der Waals surface area contributed by atoms with Crippen molar-refractivity contribution in [1.29, 1.82) is 0 Å². The van der Waals surface area contributed by atoms with Gasteiger partial charge in [0.1, 0.15) is 0 Å². The van der Waals surface area contributed by atoms with Gasteiger partial charge in [-0.25, -0.2) is 19.2 Å². The van der Waals surface area contributed by atoms with Crippen molar-refractivity contribution in [3.8, 4) is 11.8 Å². The molecule has 10 heteroatoms. The average molecular weight is 421 g/mol. The Hall–Kier alpha value is -2.78. The molecule has 0 aliphatic heterocycles. The average Bonchev–Trinajstić information content (AvgIpc) is 2.57. The number of hydrogen-bond acceptors (Lipinski definition) is 6. The van der Waals surface area contributed by atoms with Crippen LogP contribution in [0.3, 0.4) is 0 Å². The van der Waals surface area contributed by atoms with Crippen LogP contribution in [0.5, 0.6) is 11.8 Å². The highest BCUT2D eigenvalue weighted by Crippen LogP contribution is 2.68. The summed E-state index contributed by atoms with van der Waals surface area (Å²) in [5, 5.41) is 5.11. The quantitative estimate of drug-likeness (QED) is 0.766. The molecular weight excluding hydrogens is 403 g/mol. The second-order valence-electron chi connectivity index (χ2n) is 7.50. The van der Waals surface area contributed by atoms with Crippen LogP contribution in [-0.2, 0) is 9.53 Å². The van der Waals surface area contributed by atoms with Gasteiger partial charge in [0, 0.05) is 18.9 Å². The Morgan fingerprint density at radius 2 is 1.86 bits per heavy atom. The van der Waals surface area contributed by atoms with Crippen LogP contribution >= 0.6 is 11.6 Å². The van der Waals surface area contributed by atoms with Gasteiger partial charge in [0.05, 0.1) is 28.4 Å². The molecule has 0 atom stereocenters. The first-order valence-corrected chi connectivity index (χ1v) is 9.25. The van der Waals surface area contributed by atoms with Gasteiger partial charge in [-0.05, 0) is 37.8 Å². The number of nitrogens with zero attached hydrogens (tertiary/aromatic N) is 2. The van der Waals surface area contributed by atoms with Crippen LogP contribution in [-0.4, -0.2) is 34.6 Å². The molecule has 1 heterocycles. The number of carbonyl (C=O) groups is 2. The molecule has 0 spiro atoms. The van der Waals surface area contributed by atoms with Gasteiger partial charge in [-0.2, -0.15) is 0 Å². The third kappa shape index (κ3) is 3.51. The Morgan fingerprint density at radius 3 is 2.45 bits per heavy atom. The molecule has 3 aliphatic carbocycles. The van der Waals surface area contributed by atoms with Crippen molar-refractivity contribution in [2.75, 3.05) is 12.4 Å². The van der Waals surface area contributed by atoms with E-state index < -0.39 is 17.3 Å². The van der Waals surface area contributed by atoms with Gasteiger partial charge in [0.15, 0.2) is 11.6 Å². The van der Waals surface area contributed by atoms with E-state index in [0.29, 0.717) is 29.8 Å². The molecule has 5 rings (SSSR count). The number of carbonyl (C=O) groups excluding carboxylic acids is 2. The largest absolute Gasteiger partial charge is 0.421 e. The van der Waals surface area contributed by atoms with Crippen LogP contribution in [0, 0.1) is 18.2 Å². The SMILES string of the molecule is COC12CC(C(=O)NC(=O)Nc3cc(C)c(Oc4ncc(Cl)cn4)c(F)c3)(C1)C2. The second-order valence-corrected chi connectivity index (χ2v) is 7.93. The summed E-state index contributed by atoms with van der Waals surface area (Å²) in [5.41, 5.74) is -0.130. The monoisotopic (exact) mass is 420 g/mol. The summed E-state index contributed by atoms with van der Waals surface area (Å²) in [7, 11) is 1.62. The number of imide groups is 1. The minimum absolute atomic E-state index is 0.0622. The lowest BCUT2D eigenvalue weighted by molar-refractivity contribution is -0.262. The Bertz CT molecular complexity index is 955. The van der Waals surface area contributed by atoms with Crippen LogP contribution < -0.4 is 15.4 Å². The first-order chi connectivity index (χ1) is 13.7. The summed E-state index contributed by atoms with van der Waals surface area (Å²) in [6.07, 6.45) is 4.50. The minimum Gasteiger partial charge on any atom is -0.421 e. The van der Waals surface area contributed by atoms with Crippen molar-refractivity contribution in [2.45, 2.75) is 31.8 Å². The number of benzene rings is 1. The summed E-state index contributed by atoms with van der Waals surface area (Å²) in [5.74, 6) is -1.13. The molecule has 1 aromatic carbocycles. The van der Waals surface area contributed by atoms with Gasteiger partial charge in [-0.3, -0.25) is 10.1 Å². The number of halogens is 2. The lowest BCUT2D eigenvalue weighted by atomic mass is 9.41. The highest BCUT2D eigenvalue weighted by Gasteiger charge is 2.72. The number of aromatic nitrogens is 2. The Kier molecular flexibility index (Phi) is 4.66. The third-order valence-electron chi connectivity index (χ3n) is 5.40. The van der Waals surface area contributed by atoms with Crippen LogP contribution in [0.1, 0.15) is 24.8 Å². The number of amides is 3. The normalized spacial score (nSPS) is 24.1. The fourth-order valence-electron chi connectivity index (χ4n) is 3.93. The molecule has 3 aliphatic rings. The maximum absolute atomic E-state index is 14.5. The maximum atomic E-state index is 14.5. The van der Waals surface area contributed by atoms with Crippen LogP contribution in [0.2, 0.25) is 5.02 Å². The Balaban J connectivity index is 1.38. The molecule has 3 amide bonds. The number of urea groups is 1. The van der Waals surface area contributed by atoms with E-state index in [2.05, 4.69) is 20.6 Å². The highest BCUT2D eigenvalue weighted by molar-refractivity contribution is 6.30. The zero-order chi connectivity index (χ0) is 20.8. The molecule has 152 valence electrons. The van der Waals surface area contributed by atoms with E-state index >= 15 is 0 Å². The molecule has 8 nitrogen and oxygen atoms in total. The highest BCUT2D eigenvalue weighted by atomic mass is 35.5. The summed E-state index contributed by atoms with van der Waals surface area (Å²) in [6.45, 7) is 1.61. The lowest BCUT2D eigenvalue weighted by Gasteiger charge is -2.67. The van der Waals surface area contributed by atoms with Crippen molar-refractivity contribution in [2.24, 2.45) is 5.41 Å². The van der Waals surface area contributed by atoms with Crippen molar-refractivity contribution in [3.63, 3.8) is 0 Å². The maximum Gasteiger partial charge on any atom is 0.325 e. The zero-order valence-electron chi connectivity index (χ0n) is 15.7. The van der Waals surface area contributed by atoms with Crippen molar-refractivity contribution < 1.29 is 23.5 Å². The smallest absolute Gasteiger partial charge is 0.325 e. The predicted molar refractivity (Wildman–Crippen MR) is 101 cm³/mol. The van der Waals surface area contributed by atoms with Gasteiger partial charge in [0.2, 0.25) is 5.91 Å². The molecule has 29 heavy (non-hydrogen) atoms. The minimum atomic E-state index is -0.723. The Morgan fingerprint density at radius 1 is 1.21 bits per heavy atom. The number of rotatable bonds is 5. The molecule has 3 saturated carbocycles. The number of methoxy groups -OCH3 is 1. The number of anilines is 1. The zero-order valence-corrected chi connectivity index (χ0v) is 16.5. The molecule has 0 radical (unpaired) electrons. The standard InChI is InChI=1S/C19H18ClFN4O4/c1-10-3-12(4-13(21)14(10)29-17-22-5-11(20)6-23-17)24-16(27)25-15(26)18-7-19(8-18,9-18)28-2/h3-6H,7-9H2,1-2H3,(H2,24,25,26,27). The fourth-order valence-corrected chi connectivity index (χ4v) is 4.02. The van der Waals surface area contributed by atoms with E-state index in [0.717, 1.165) is 6.07 Å². The van der Waals surface area contributed by atoms with E-state index in [1.165, 1.54) is 18.5 Å². The number of ether oxygens (including phenoxy) is 2. The van der Waals surface area contributed by atoms with Crippen LogP contribution in [0.15, 0.2) is 24.5 Å². The van der Waals surface area contributed by atoms with Crippen molar-refractivity contribution in [3.05, 3.63) is 40.9 Å². The van der Waals surface area contributed by atoms with Crippen LogP contribution in [0.4, 0.5) is 14.9 Å². The summed E-state index contributed by atoms with van der Waals surface area (Å²) in [4.78, 5) is 32.2. The molecule has 0 unspecified atom stereocenters. The van der Waals surface area contributed by atoms with Gasteiger partial charge in [0.25, 0.3) is 0 Å². The summed E-state index contributed by atoms with van der Waals surface area (Å²) < 4.78 is 25.2. The van der Waals surface area contributed by atoms with Gasteiger partial charge in [-0.15, -0.1) is 0 Å². The molecule has 2 bridgehead atoms. The topological polar surface area (TPSA) is 102 Å². The lowest BCUT2D eigenvalue weighted by Crippen LogP contribution is -2.73.